The molecule has 21 heavy (non-hydrogen) atoms. The quantitative estimate of drug-likeness (QED) is 0.880. The van der Waals surface area contributed by atoms with Crippen molar-refractivity contribution in [3.05, 3.63) is 23.3 Å². The van der Waals surface area contributed by atoms with Crippen LogP contribution in [0.4, 0.5) is 5.82 Å². The van der Waals surface area contributed by atoms with Crippen LogP contribution in [0.2, 0.25) is 0 Å². The monoisotopic (exact) mass is 323 g/mol. The molecular weight excluding hydrogens is 306 g/mol. The Morgan fingerprint density at radius 3 is 3.05 bits per heavy atom. The van der Waals surface area contributed by atoms with E-state index in [1.807, 2.05) is 27.7 Å². The number of carboxylic acids is 1. The van der Waals surface area contributed by atoms with Gasteiger partial charge in [0.25, 0.3) is 0 Å². The van der Waals surface area contributed by atoms with Crippen LogP contribution in [-0.4, -0.2) is 44.0 Å². The van der Waals surface area contributed by atoms with Gasteiger partial charge in [-0.15, -0.1) is 11.3 Å². The van der Waals surface area contributed by atoms with E-state index in [0.717, 1.165) is 35.3 Å². The average molecular weight is 323 g/mol. The zero-order valence-corrected chi connectivity index (χ0v) is 13.6. The predicted octanol–water partition coefficient (Wildman–Crippen LogP) is 2.83. The van der Waals surface area contributed by atoms with Crippen LogP contribution in [0.15, 0.2) is 17.7 Å². The summed E-state index contributed by atoms with van der Waals surface area (Å²) in [4.78, 5) is 18.7. The highest BCUT2D eigenvalue weighted by molar-refractivity contribution is 8.00. The van der Waals surface area contributed by atoms with Crippen molar-refractivity contribution in [1.82, 2.24) is 9.38 Å². The molecule has 0 amide bonds. The highest BCUT2D eigenvalue weighted by Crippen LogP contribution is 2.34. The molecule has 0 bridgehead atoms. The first-order valence-corrected chi connectivity index (χ1v) is 8.58. The molecule has 7 heteroatoms. The van der Waals surface area contributed by atoms with Gasteiger partial charge in [-0.05, 0) is 19.9 Å². The fourth-order valence-electron chi connectivity index (χ4n) is 2.53. The molecule has 1 saturated heterocycles. The predicted molar refractivity (Wildman–Crippen MR) is 88.5 cm³/mol. The molecule has 0 aliphatic carbocycles. The zero-order chi connectivity index (χ0) is 15.0. The maximum Gasteiger partial charge on any atom is 0.328 e. The van der Waals surface area contributed by atoms with E-state index in [-0.39, 0.29) is 4.75 Å². The van der Waals surface area contributed by atoms with E-state index in [4.69, 9.17) is 10.1 Å². The number of carboxylic acid groups (broad SMARTS) is 1. The lowest BCUT2D eigenvalue weighted by molar-refractivity contribution is -0.131. The topological polar surface area (TPSA) is 57.8 Å². The van der Waals surface area contributed by atoms with E-state index < -0.39 is 5.97 Å². The third kappa shape index (κ3) is 2.94. The second-order valence-corrected chi connectivity index (χ2v) is 8.25. The van der Waals surface area contributed by atoms with Crippen molar-refractivity contribution >= 4 is 45.9 Å². The summed E-state index contributed by atoms with van der Waals surface area (Å²) in [6, 6.07) is 0. The molecule has 1 aliphatic rings. The number of aliphatic carboxylic acids is 1. The van der Waals surface area contributed by atoms with Gasteiger partial charge in [0.2, 0.25) is 0 Å². The van der Waals surface area contributed by atoms with Gasteiger partial charge in [-0.1, -0.05) is 0 Å². The number of imidazole rings is 1. The summed E-state index contributed by atoms with van der Waals surface area (Å²) in [5.41, 5.74) is 0.844. The molecule has 0 aromatic carbocycles. The van der Waals surface area contributed by atoms with E-state index in [0.29, 0.717) is 0 Å². The fraction of sp³-hybridized carbons (Fsp3) is 0.429. The molecule has 1 N–H and O–H groups in total. The van der Waals surface area contributed by atoms with E-state index in [2.05, 4.69) is 18.7 Å². The van der Waals surface area contributed by atoms with Gasteiger partial charge in [-0.3, -0.25) is 4.40 Å². The van der Waals surface area contributed by atoms with Crippen molar-refractivity contribution in [2.45, 2.75) is 18.6 Å². The van der Waals surface area contributed by atoms with Gasteiger partial charge >= 0.3 is 5.97 Å². The minimum Gasteiger partial charge on any atom is -0.478 e. The first-order valence-electron chi connectivity index (χ1n) is 6.72. The maximum atomic E-state index is 10.8. The highest BCUT2D eigenvalue weighted by Gasteiger charge is 2.29. The number of hydrogen-bond acceptors (Lipinski definition) is 5. The first-order chi connectivity index (χ1) is 9.96. The summed E-state index contributed by atoms with van der Waals surface area (Å²) in [7, 11) is 0. The Labute approximate surface area is 131 Å². The molecule has 3 heterocycles. The van der Waals surface area contributed by atoms with Crippen molar-refractivity contribution in [3.8, 4) is 0 Å². The summed E-state index contributed by atoms with van der Waals surface area (Å²) in [6.45, 7) is 6.31. The van der Waals surface area contributed by atoms with Crippen LogP contribution in [0.5, 0.6) is 0 Å². The lowest BCUT2D eigenvalue weighted by atomic mass is 10.2. The Bertz CT molecular complexity index is 702. The summed E-state index contributed by atoms with van der Waals surface area (Å²) in [5, 5.41) is 10.8. The van der Waals surface area contributed by atoms with Crippen molar-refractivity contribution in [2.75, 3.05) is 23.7 Å². The summed E-state index contributed by atoms with van der Waals surface area (Å²) >= 11 is 3.53. The van der Waals surface area contributed by atoms with Gasteiger partial charge in [0.05, 0.1) is 5.69 Å². The molecule has 0 saturated carbocycles. The largest absolute Gasteiger partial charge is 0.478 e. The summed E-state index contributed by atoms with van der Waals surface area (Å²) < 4.78 is 2.14. The van der Waals surface area contributed by atoms with Gasteiger partial charge in [-0.25, -0.2) is 9.78 Å². The van der Waals surface area contributed by atoms with E-state index in [1.54, 1.807) is 17.4 Å². The lowest BCUT2D eigenvalue weighted by Crippen LogP contribution is -2.43. The standard InChI is InChI=1S/C14H17N3O2S2/c1-14(2)9-16(5-8-21-14)12-10(3-4-11(18)19)17-6-7-20-13(17)15-12/h3-4,6-7H,5,8-9H2,1-2H3,(H,18,19)/b4-3+. The van der Waals surface area contributed by atoms with Gasteiger partial charge in [0, 0.05) is 41.2 Å². The van der Waals surface area contributed by atoms with Crippen LogP contribution in [0.1, 0.15) is 19.5 Å². The molecule has 0 radical (unpaired) electrons. The average Bonchev–Trinajstić information content (AvgIpc) is 2.95. The molecule has 0 unspecified atom stereocenters. The van der Waals surface area contributed by atoms with Gasteiger partial charge < -0.3 is 10.0 Å². The maximum absolute atomic E-state index is 10.8. The number of aromatic nitrogens is 2. The number of anilines is 1. The lowest BCUT2D eigenvalue weighted by Gasteiger charge is -2.38. The van der Waals surface area contributed by atoms with Crippen LogP contribution in [0.3, 0.4) is 0 Å². The van der Waals surface area contributed by atoms with Gasteiger partial charge in [0.1, 0.15) is 0 Å². The Hall–Kier alpha value is -1.47. The first kappa shape index (κ1) is 14.5. The van der Waals surface area contributed by atoms with Crippen molar-refractivity contribution < 1.29 is 9.90 Å². The molecule has 3 rings (SSSR count). The Kier molecular flexibility index (Phi) is 3.71. The number of thioether (sulfide) groups is 1. The van der Waals surface area contributed by atoms with Crippen LogP contribution >= 0.6 is 23.1 Å². The van der Waals surface area contributed by atoms with E-state index in [9.17, 15) is 4.79 Å². The molecule has 2 aromatic heterocycles. The number of hydrogen-bond donors (Lipinski definition) is 1. The minimum absolute atomic E-state index is 0.184. The third-order valence-electron chi connectivity index (χ3n) is 3.39. The molecule has 5 nitrogen and oxygen atoms in total. The summed E-state index contributed by atoms with van der Waals surface area (Å²) in [6.07, 6.45) is 4.75. The molecule has 112 valence electrons. The Morgan fingerprint density at radius 2 is 2.33 bits per heavy atom. The second kappa shape index (κ2) is 5.38. The third-order valence-corrected chi connectivity index (χ3v) is 5.44. The van der Waals surface area contributed by atoms with E-state index in [1.165, 1.54) is 6.08 Å². The molecular formula is C14H17N3O2S2. The fourth-order valence-corrected chi connectivity index (χ4v) is 4.35. The molecule has 0 atom stereocenters. The second-order valence-electron chi connectivity index (χ2n) is 5.58. The van der Waals surface area contributed by atoms with Crippen molar-refractivity contribution in [3.63, 3.8) is 0 Å². The zero-order valence-electron chi connectivity index (χ0n) is 11.9. The van der Waals surface area contributed by atoms with Gasteiger partial charge in [-0.2, -0.15) is 11.8 Å². The normalized spacial score (nSPS) is 18.7. The van der Waals surface area contributed by atoms with Gasteiger partial charge in [0.15, 0.2) is 10.8 Å². The number of thiazole rings is 1. The molecule has 0 spiro atoms. The van der Waals surface area contributed by atoms with Crippen molar-refractivity contribution in [1.29, 1.82) is 0 Å². The van der Waals surface area contributed by atoms with Crippen LogP contribution in [-0.2, 0) is 4.79 Å². The molecule has 1 aliphatic heterocycles. The number of nitrogens with zero attached hydrogens (tertiary/aromatic N) is 3. The van der Waals surface area contributed by atoms with Crippen LogP contribution < -0.4 is 4.90 Å². The van der Waals surface area contributed by atoms with E-state index >= 15 is 0 Å². The highest BCUT2D eigenvalue weighted by atomic mass is 32.2. The van der Waals surface area contributed by atoms with Crippen LogP contribution in [0.25, 0.3) is 11.0 Å². The number of carbonyl (C=O) groups is 1. The summed E-state index contributed by atoms with van der Waals surface area (Å²) in [5.74, 6) is 0.994. The molecule has 2 aromatic rings. The molecule has 1 fully saturated rings. The number of fused-ring (bicyclic) bond motifs is 1. The Balaban J connectivity index is 2.03. The van der Waals surface area contributed by atoms with Crippen LogP contribution in [0, 0.1) is 0 Å². The van der Waals surface area contributed by atoms with Crippen molar-refractivity contribution in [2.24, 2.45) is 0 Å². The SMILES string of the molecule is CC1(C)CN(c2nc3sccn3c2/C=C/C(=O)O)CCS1. The Morgan fingerprint density at radius 1 is 1.52 bits per heavy atom. The number of rotatable bonds is 3. The smallest absolute Gasteiger partial charge is 0.328 e. The minimum atomic E-state index is -0.944.